The van der Waals surface area contributed by atoms with E-state index in [1.54, 1.807) is 13.0 Å². The highest BCUT2D eigenvalue weighted by Gasteiger charge is 2.24. The first-order valence-corrected chi connectivity index (χ1v) is 6.02. The minimum atomic E-state index is -0.869. The van der Waals surface area contributed by atoms with E-state index in [1.807, 2.05) is 19.9 Å². The van der Waals surface area contributed by atoms with Gasteiger partial charge in [0, 0.05) is 7.05 Å². The van der Waals surface area contributed by atoms with E-state index in [0.29, 0.717) is 11.4 Å². The van der Waals surface area contributed by atoms with Crippen molar-refractivity contribution < 1.29 is 19.1 Å². The average Bonchev–Trinajstić information content (AvgIpc) is 2.36. The topological polar surface area (TPSA) is 55.8 Å². The van der Waals surface area contributed by atoms with Crippen LogP contribution in [-0.2, 0) is 14.3 Å². The van der Waals surface area contributed by atoms with Crippen molar-refractivity contribution >= 4 is 17.6 Å². The lowest BCUT2D eigenvalue weighted by molar-refractivity contribution is -0.153. The van der Waals surface area contributed by atoms with Crippen molar-refractivity contribution in [1.29, 1.82) is 0 Å². The molecule has 104 valence electrons. The van der Waals surface area contributed by atoms with Gasteiger partial charge in [0.05, 0.1) is 19.4 Å². The summed E-state index contributed by atoms with van der Waals surface area (Å²) in [7, 11) is 3.06. The number of hydrogen-bond donors (Lipinski definition) is 0. The number of hydrogen-bond acceptors (Lipinski definition) is 4. The van der Waals surface area contributed by atoms with Crippen molar-refractivity contribution in [2.45, 2.75) is 20.8 Å². The van der Waals surface area contributed by atoms with Crippen molar-refractivity contribution in [3.05, 3.63) is 23.3 Å². The third-order valence-electron chi connectivity index (χ3n) is 2.72. The van der Waals surface area contributed by atoms with Crippen molar-refractivity contribution in [2.24, 2.45) is 0 Å². The van der Waals surface area contributed by atoms with Crippen LogP contribution >= 0.6 is 0 Å². The summed E-state index contributed by atoms with van der Waals surface area (Å²) < 4.78 is 10.0. The third-order valence-corrected chi connectivity index (χ3v) is 2.72. The molecule has 1 aromatic rings. The first-order chi connectivity index (χ1) is 8.92. The van der Waals surface area contributed by atoms with Gasteiger partial charge in [0.1, 0.15) is 5.75 Å². The van der Waals surface area contributed by atoms with E-state index in [9.17, 15) is 9.59 Å². The van der Waals surface area contributed by atoms with Crippen LogP contribution in [0.3, 0.4) is 0 Å². The molecule has 1 aromatic carbocycles. The second-order valence-electron chi connectivity index (χ2n) is 4.22. The van der Waals surface area contributed by atoms with Crippen molar-refractivity contribution in [2.75, 3.05) is 25.7 Å². The Morgan fingerprint density at radius 1 is 1.26 bits per heavy atom. The molecule has 0 radical (unpaired) electrons. The van der Waals surface area contributed by atoms with Gasteiger partial charge in [-0.3, -0.25) is 4.79 Å². The molecular formula is C14H19NO4. The number of aryl methyl sites for hydroxylation is 2. The molecule has 0 unspecified atom stereocenters. The van der Waals surface area contributed by atoms with Gasteiger partial charge in [-0.05, 0) is 38.0 Å². The molecule has 0 saturated carbocycles. The molecule has 0 aliphatic heterocycles. The Kier molecular flexibility index (Phi) is 4.92. The Morgan fingerprint density at radius 2 is 1.89 bits per heavy atom. The van der Waals surface area contributed by atoms with Gasteiger partial charge in [0.15, 0.2) is 0 Å². The van der Waals surface area contributed by atoms with Crippen molar-refractivity contribution in [3.8, 4) is 5.75 Å². The quantitative estimate of drug-likeness (QED) is 0.618. The van der Waals surface area contributed by atoms with Gasteiger partial charge in [-0.15, -0.1) is 0 Å². The zero-order valence-electron chi connectivity index (χ0n) is 11.9. The summed E-state index contributed by atoms with van der Waals surface area (Å²) in [6.07, 6.45) is 0. The largest absolute Gasteiger partial charge is 0.494 e. The van der Waals surface area contributed by atoms with Gasteiger partial charge in [-0.25, -0.2) is 4.79 Å². The van der Waals surface area contributed by atoms with Crippen LogP contribution in [-0.4, -0.2) is 32.6 Å². The maximum absolute atomic E-state index is 11.9. The summed E-state index contributed by atoms with van der Waals surface area (Å²) >= 11 is 0. The van der Waals surface area contributed by atoms with Gasteiger partial charge >= 0.3 is 11.9 Å². The van der Waals surface area contributed by atoms with Crippen LogP contribution in [0, 0.1) is 13.8 Å². The summed E-state index contributed by atoms with van der Waals surface area (Å²) in [6, 6.07) is 3.74. The lowest BCUT2D eigenvalue weighted by atomic mass is 10.1. The zero-order chi connectivity index (χ0) is 14.6. The van der Waals surface area contributed by atoms with Gasteiger partial charge in [-0.1, -0.05) is 6.07 Å². The maximum atomic E-state index is 11.9. The van der Waals surface area contributed by atoms with E-state index in [1.165, 1.54) is 19.1 Å². The minimum absolute atomic E-state index is 0.169. The zero-order valence-corrected chi connectivity index (χ0v) is 11.9. The van der Waals surface area contributed by atoms with Crippen LogP contribution in [0.15, 0.2) is 12.1 Å². The van der Waals surface area contributed by atoms with Gasteiger partial charge in [0.25, 0.3) is 0 Å². The van der Waals surface area contributed by atoms with E-state index in [2.05, 4.69) is 0 Å². The van der Waals surface area contributed by atoms with Crippen LogP contribution in [0.5, 0.6) is 5.75 Å². The number of carbonyl (C=O) groups excluding carboxylic acids is 2. The Bertz CT molecular complexity index is 496. The standard InChI is InChI=1S/C14H19NO4/c1-6-19-14(17)13(16)15(4)11-8-9(2)7-10(3)12(11)18-5/h7-8H,6H2,1-5H3. The van der Waals surface area contributed by atoms with E-state index in [0.717, 1.165) is 11.1 Å². The number of carbonyl (C=O) groups is 2. The number of ether oxygens (including phenoxy) is 2. The number of likely N-dealkylation sites (N-methyl/N-ethyl adjacent to an activating group) is 1. The number of amides is 1. The fraction of sp³-hybridized carbons (Fsp3) is 0.429. The summed E-state index contributed by atoms with van der Waals surface area (Å²) in [4.78, 5) is 24.6. The number of benzene rings is 1. The molecule has 1 amide bonds. The maximum Gasteiger partial charge on any atom is 0.397 e. The van der Waals surface area contributed by atoms with Crippen LogP contribution in [0.25, 0.3) is 0 Å². The average molecular weight is 265 g/mol. The molecule has 5 heteroatoms. The Hall–Kier alpha value is -2.04. The molecular weight excluding hydrogens is 246 g/mol. The van der Waals surface area contributed by atoms with Crippen LogP contribution < -0.4 is 9.64 Å². The summed E-state index contributed by atoms with van der Waals surface area (Å²) in [5.41, 5.74) is 2.44. The van der Waals surface area contributed by atoms with Crippen LogP contribution in [0.1, 0.15) is 18.1 Å². The second kappa shape index (κ2) is 6.22. The van der Waals surface area contributed by atoms with Crippen molar-refractivity contribution in [3.63, 3.8) is 0 Å². The lowest BCUT2D eigenvalue weighted by Gasteiger charge is -2.21. The van der Waals surface area contributed by atoms with E-state index in [4.69, 9.17) is 9.47 Å². The molecule has 0 N–H and O–H groups in total. The first-order valence-electron chi connectivity index (χ1n) is 6.02. The second-order valence-corrected chi connectivity index (χ2v) is 4.22. The van der Waals surface area contributed by atoms with E-state index in [-0.39, 0.29) is 6.61 Å². The summed E-state index contributed by atoms with van der Waals surface area (Å²) in [6.45, 7) is 5.63. The van der Waals surface area contributed by atoms with Crippen molar-refractivity contribution in [1.82, 2.24) is 0 Å². The third kappa shape index (κ3) is 3.24. The molecule has 0 saturated heterocycles. The van der Waals surface area contributed by atoms with Crippen LogP contribution in [0.2, 0.25) is 0 Å². The number of esters is 1. The molecule has 0 heterocycles. The monoisotopic (exact) mass is 265 g/mol. The predicted molar refractivity (Wildman–Crippen MR) is 72.5 cm³/mol. The van der Waals surface area contributed by atoms with Gasteiger partial charge < -0.3 is 14.4 Å². The molecule has 5 nitrogen and oxygen atoms in total. The highest BCUT2D eigenvalue weighted by atomic mass is 16.5. The molecule has 0 spiro atoms. The SMILES string of the molecule is CCOC(=O)C(=O)N(C)c1cc(C)cc(C)c1OC. The van der Waals surface area contributed by atoms with Crippen LogP contribution in [0.4, 0.5) is 5.69 Å². The smallest absolute Gasteiger partial charge is 0.397 e. The molecule has 0 aromatic heterocycles. The van der Waals surface area contributed by atoms with Gasteiger partial charge in [-0.2, -0.15) is 0 Å². The first kappa shape index (κ1) is 15.0. The number of nitrogens with zero attached hydrogens (tertiary/aromatic N) is 1. The number of rotatable bonds is 3. The lowest BCUT2D eigenvalue weighted by Crippen LogP contribution is -2.34. The molecule has 0 atom stereocenters. The van der Waals surface area contributed by atoms with Gasteiger partial charge in [0.2, 0.25) is 0 Å². The molecule has 0 bridgehead atoms. The highest BCUT2D eigenvalue weighted by Crippen LogP contribution is 2.32. The number of methoxy groups -OCH3 is 1. The van der Waals surface area contributed by atoms with E-state index >= 15 is 0 Å². The Balaban J connectivity index is 3.15. The van der Waals surface area contributed by atoms with E-state index < -0.39 is 11.9 Å². The molecule has 1 rings (SSSR count). The Labute approximate surface area is 113 Å². The summed E-state index contributed by atoms with van der Waals surface area (Å²) in [5.74, 6) is -1.01. The normalized spacial score (nSPS) is 9.95. The summed E-state index contributed by atoms with van der Waals surface area (Å²) in [5, 5.41) is 0. The highest BCUT2D eigenvalue weighted by molar-refractivity contribution is 6.38. The number of anilines is 1. The fourth-order valence-corrected chi connectivity index (χ4v) is 1.89. The molecule has 0 aliphatic rings. The molecule has 0 fully saturated rings. The minimum Gasteiger partial charge on any atom is -0.494 e. The molecule has 0 aliphatic carbocycles. The Morgan fingerprint density at radius 3 is 2.42 bits per heavy atom. The molecule has 19 heavy (non-hydrogen) atoms. The predicted octanol–water partition coefficient (Wildman–Crippen LogP) is 1.84. The fourth-order valence-electron chi connectivity index (χ4n) is 1.89.